The van der Waals surface area contributed by atoms with Gasteiger partial charge in [-0.1, -0.05) is 13.8 Å². The molecule has 1 aliphatic rings. The molecule has 2 aromatic heterocycles. The van der Waals surface area contributed by atoms with E-state index in [0.29, 0.717) is 11.2 Å². The molecular weight excluding hydrogens is 514 g/mol. The van der Waals surface area contributed by atoms with E-state index in [1.165, 1.54) is 24.1 Å². The first-order valence-corrected chi connectivity index (χ1v) is 12.6. The largest absolute Gasteiger partial charge is 0.480 e. The van der Waals surface area contributed by atoms with E-state index in [1.807, 2.05) is 0 Å². The third kappa shape index (κ3) is 6.96. The summed E-state index contributed by atoms with van der Waals surface area (Å²) in [6.07, 6.45) is -1.05. The Labute approximate surface area is 224 Å². The second-order valence-corrected chi connectivity index (χ2v) is 10.1. The van der Waals surface area contributed by atoms with Crippen molar-refractivity contribution >= 4 is 34.8 Å². The first-order chi connectivity index (χ1) is 18.3. The average molecular weight is 552 g/mol. The Morgan fingerprint density at radius 2 is 1.74 bits per heavy atom. The van der Waals surface area contributed by atoms with Crippen molar-refractivity contribution in [3.05, 3.63) is 12.7 Å². The summed E-state index contributed by atoms with van der Waals surface area (Å²) >= 11 is 0. The molecule has 0 radical (unpaired) electrons. The Hall–Kier alpha value is -3.44. The Morgan fingerprint density at radius 1 is 1.05 bits per heavy atom. The van der Waals surface area contributed by atoms with Crippen LogP contribution in [0, 0.1) is 5.92 Å². The van der Waals surface area contributed by atoms with E-state index in [2.05, 4.69) is 25.6 Å². The van der Waals surface area contributed by atoms with Gasteiger partial charge in [0.1, 0.15) is 36.1 Å². The summed E-state index contributed by atoms with van der Waals surface area (Å²) in [5.41, 5.74) is 18.7. The highest BCUT2D eigenvalue weighted by atomic mass is 16.6. The molecule has 0 spiro atoms. The van der Waals surface area contributed by atoms with E-state index in [1.54, 1.807) is 13.8 Å². The number of fused-ring (bicyclic) bond motifs is 1. The molecule has 1 aliphatic heterocycles. The molecule has 2 aromatic rings. The fraction of sp³-hybridized carbons (Fsp3) is 0.652. The second-order valence-electron chi connectivity index (χ2n) is 10.1. The van der Waals surface area contributed by atoms with Gasteiger partial charge >= 0.3 is 5.97 Å². The number of carboxylic acid groups (broad SMARTS) is 1. The van der Waals surface area contributed by atoms with Crippen LogP contribution in [0.1, 0.15) is 46.3 Å². The third-order valence-corrected chi connectivity index (χ3v) is 6.69. The summed E-state index contributed by atoms with van der Waals surface area (Å²) in [5.74, 6) is -2.56. The van der Waals surface area contributed by atoms with Gasteiger partial charge in [0.05, 0.1) is 18.5 Å². The molecule has 1 fully saturated rings. The number of hydrogen-bond donors (Lipinski definition) is 8. The number of aliphatic hydroxyl groups is 2. The number of aliphatic carboxylic acids is 1. The maximum absolute atomic E-state index is 12.6. The van der Waals surface area contributed by atoms with Crippen LogP contribution in [-0.2, 0) is 19.1 Å². The first kappa shape index (κ1) is 30.1. The Balaban J connectivity index is 1.53. The predicted octanol–water partition coefficient (Wildman–Crippen LogP) is -2.42. The molecule has 16 nitrogen and oxygen atoms in total. The number of nitrogens with two attached hydrogens (primary N) is 3. The van der Waals surface area contributed by atoms with Gasteiger partial charge in [-0.05, 0) is 32.1 Å². The Bertz CT molecular complexity index is 1180. The number of aliphatic hydroxyl groups excluding tert-OH is 2. The number of carboxylic acids is 1. The van der Waals surface area contributed by atoms with Gasteiger partial charge < -0.3 is 47.9 Å². The zero-order valence-corrected chi connectivity index (χ0v) is 22.0. The third-order valence-electron chi connectivity index (χ3n) is 6.69. The minimum Gasteiger partial charge on any atom is -0.480 e. The number of rotatable bonds is 12. The van der Waals surface area contributed by atoms with Crippen LogP contribution >= 0.6 is 0 Å². The number of nitrogen functional groups attached to an aromatic ring is 1. The first-order valence-electron chi connectivity index (χ1n) is 12.6. The SMILES string of the molecule is CC(NC(=O)C(NC(=O)C(N)CCC(N)CC1OC(n2cnc3c(N)ncnc32)C(O)C1O)C(C)C)C(=O)O. The number of hydrogen-bond acceptors (Lipinski definition) is 12. The number of nitrogens with one attached hydrogen (secondary N) is 2. The number of carbonyl (C=O) groups excluding carboxylic acids is 2. The van der Waals surface area contributed by atoms with Gasteiger partial charge in [-0.3, -0.25) is 19.0 Å². The van der Waals surface area contributed by atoms with Crippen molar-refractivity contribution in [2.24, 2.45) is 17.4 Å². The normalized spacial score (nSPS) is 24.3. The molecule has 16 heteroatoms. The molecule has 0 saturated carbocycles. The van der Waals surface area contributed by atoms with Crippen molar-refractivity contribution < 1.29 is 34.4 Å². The highest BCUT2D eigenvalue weighted by Crippen LogP contribution is 2.33. The summed E-state index contributed by atoms with van der Waals surface area (Å²) < 4.78 is 7.37. The Kier molecular flexibility index (Phi) is 9.73. The molecule has 3 rings (SSSR count). The zero-order valence-electron chi connectivity index (χ0n) is 22.0. The smallest absolute Gasteiger partial charge is 0.325 e. The van der Waals surface area contributed by atoms with Crippen LogP contribution in [0.3, 0.4) is 0 Å². The monoisotopic (exact) mass is 551 g/mol. The fourth-order valence-electron chi connectivity index (χ4n) is 4.31. The standard InChI is InChI=1S/C23H37N9O7/c1-9(2)14(21(36)30-10(3)23(37)38)31-20(35)12(25)5-4-11(24)6-13-16(33)17(34)22(39-13)32-8-29-15-18(26)27-7-28-19(15)32/h7-14,16-17,22,33-34H,4-6,24-25H2,1-3H3,(H,30,36)(H,31,35)(H,37,38)(H2,26,27,28). The van der Waals surface area contributed by atoms with Crippen LogP contribution in [0.15, 0.2) is 12.7 Å². The molecule has 39 heavy (non-hydrogen) atoms. The van der Waals surface area contributed by atoms with Gasteiger partial charge in [0.2, 0.25) is 11.8 Å². The van der Waals surface area contributed by atoms with E-state index in [0.717, 1.165) is 0 Å². The number of imidazole rings is 1. The lowest BCUT2D eigenvalue weighted by atomic mass is 9.97. The lowest BCUT2D eigenvalue weighted by molar-refractivity contribution is -0.142. The highest BCUT2D eigenvalue weighted by molar-refractivity contribution is 5.91. The molecule has 8 unspecified atom stereocenters. The summed E-state index contributed by atoms with van der Waals surface area (Å²) in [6.45, 7) is 4.74. The van der Waals surface area contributed by atoms with Crippen LogP contribution < -0.4 is 27.8 Å². The van der Waals surface area contributed by atoms with Crippen LogP contribution in [-0.4, -0.2) is 95.1 Å². The molecule has 0 aliphatic carbocycles. The van der Waals surface area contributed by atoms with Crippen molar-refractivity contribution in [3.63, 3.8) is 0 Å². The van der Waals surface area contributed by atoms with Crippen LogP contribution in [0.4, 0.5) is 5.82 Å². The van der Waals surface area contributed by atoms with E-state index in [-0.39, 0.29) is 31.0 Å². The number of ether oxygens (including phenoxy) is 1. The summed E-state index contributed by atoms with van der Waals surface area (Å²) in [6, 6.07) is -3.61. The minimum atomic E-state index is -1.29. The van der Waals surface area contributed by atoms with Crippen molar-refractivity contribution in [3.8, 4) is 0 Å². The number of nitrogens with zero attached hydrogens (tertiary/aromatic N) is 4. The quantitative estimate of drug-likeness (QED) is 0.137. The molecule has 8 atom stereocenters. The maximum atomic E-state index is 12.6. The average Bonchev–Trinajstić information content (AvgIpc) is 3.42. The van der Waals surface area contributed by atoms with E-state index >= 15 is 0 Å². The van der Waals surface area contributed by atoms with E-state index in [4.69, 9.17) is 27.0 Å². The van der Waals surface area contributed by atoms with Crippen molar-refractivity contribution in [2.75, 3.05) is 5.73 Å². The molecular formula is C23H37N9O7. The number of aromatic nitrogens is 4. The summed E-state index contributed by atoms with van der Waals surface area (Å²) in [5, 5.41) is 35.1. The topological polar surface area (TPSA) is 267 Å². The van der Waals surface area contributed by atoms with Gasteiger partial charge in [-0.2, -0.15) is 0 Å². The van der Waals surface area contributed by atoms with Crippen molar-refractivity contribution in [2.45, 2.75) is 88.7 Å². The van der Waals surface area contributed by atoms with Crippen LogP contribution in [0.5, 0.6) is 0 Å². The molecule has 3 heterocycles. The zero-order chi connectivity index (χ0) is 29.0. The van der Waals surface area contributed by atoms with Crippen molar-refractivity contribution in [1.29, 1.82) is 0 Å². The van der Waals surface area contributed by atoms with Gasteiger partial charge in [0, 0.05) is 6.04 Å². The molecule has 11 N–H and O–H groups in total. The Morgan fingerprint density at radius 3 is 2.38 bits per heavy atom. The molecule has 1 saturated heterocycles. The number of anilines is 1. The van der Waals surface area contributed by atoms with Gasteiger partial charge in [0.25, 0.3) is 0 Å². The van der Waals surface area contributed by atoms with Crippen LogP contribution in [0.25, 0.3) is 11.2 Å². The van der Waals surface area contributed by atoms with E-state index < -0.39 is 66.5 Å². The predicted molar refractivity (Wildman–Crippen MR) is 137 cm³/mol. The molecule has 0 aromatic carbocycles. The maximum Gasteiger partial charge on any atom is 0.325 e. The van der Waals surface area contributed by atoms with Gasteiger partial charge in [-0.25, -0.2) is 15.0 Å². The summed E-state index contributed by atoms with van der Waals surface area (Å²) in [4.78, 5) is 48.3. The fourth-order valence-corrected chi connectivity index (χ4v) is 4.31. The van der Waals surface area contributed by atoms with Crippen molar-refractivity contribution in [1.82, 2.24) is 30.2 Å². The number of carbonyl (C=O) groups is 3. The second kappa shape index (κ2) is 12.6. The molecule has 2 amide bonds. The van der Waals surface area contributed by atoms with Gasteiger partial charge in [-0.15, -0.1) is 0 Å². The minimum absolute atomic E-state index is 0.164. The number of amides is 2. The lowest BCUT2D eigenvalue weighted by Crippen LogP contribution is -2.56. The van der Waals surface area contributed by atoms with E-state index in [9.17, 15) is 24.6 Å². The van der Waals surface area contributed by atoms with Gasteiger partial charge in [0.15, 0.2) is 17.7 Å². The highest BCUT2D eigenvalue weighted by Gasteiger charge is 2.44. The summed E-state index contributed by atoms with van der Waals surface area (Å²) in [7, 11) is 0. The van der Waals surface area contributed by atoms with Crippen LogP contribution in [0.2, 0.25) is 0 Å². The molecule has 0 bridgehead atoms. The molecule has 216 valence electrons. The lowest BCUT2D eigenvalue weighted by Gasteiger charge is -2.25.